The predicted octanol–water partition coefficient (Wildman–Crippen LogP) is 2.01. The summed E-state index contributed by atoms with van der Waals surface area (Å²) in [4.78, 5) is 4.55. The quantitative estimate of drug-likeness (QED) is 0.811. The molecule has 2 aromatic rings. The minimum Gasteiger partial charge on any atom is -0.330 e. The maximum atomic E-state index is 5.71. The maximum Gasteiger partial charge on any atom is 0.137 e. The number of aryl methyl sites for hydroxylation is 2. The van der Waals surface area contributed by atoms with E-state index in [1.54, 1.807) is 0 Å². The van der Waals surface area contributed by atoms with Crippen LogP contribution in [-0.2, 0) is 0 Å². The summed E-state index contributed by atoms with van der Waals surface area (Å²) < 4.78 is 2.14. The first-order valence-corrected chi connectivity index (χ1v) is 5.28. The summed E-state index contributed by atoms with van der Waals surface area (Å²) in [5.74, 6) is 0.350. The van der Waals surface area contributed by atoms with E-state index in [4.69, 9.17) is 5.73 Å². The van der Waals surface area contributed by atoms with Gasteiger partial charge in [0.1, 0.15) is 5.65 Å². The molecular weight excluding hydrogens is 186 g/mol. The molecule has 0 saturated heterocycles. The van der Waals surface area contributed by atoms with Gasteiger partial charge < -0.3 is 10.1 Å². The Morgan fingerprint density at radius 3 is 2.87 bits per heavy atom. The Bertz CT molecular complexity index is 485. The van der Waals surface area contributed by atoms with E-state index < -0.39 is 0 Å². The van der Waals surface area contributed by atoms with Crippen molar-refractivity contribution >= 4 is 5.65 Å². The fourth-order valence-electron chi connectivity index (χ4n) is 1.99. The number of imidazole rings is 1. The number of pyridine rings is 1. The van der Waals surface area contributed by atoms with E-state index in [9.17, 15) is 0 Å². The molecule has 2 aromatic heterocycles. The maximum absolute atomic E-state index is 5.71. The zero-order chi connectivity index (χ0) is 11.0. The Kier molecular flexibility index (Phi) is 2.49. The summed E-state index contributed by atoms with van der Waals surface area (Å²) in [5, 5.41) is 0. The molecule has 2 heterocycles. The van der Waals surface area contributed by atoms with Crippen molar-refractivity contribution in [1.82, 2.24) is 9.38 Å². The smallest absolute Gasteiger partial charge is 0.137 e. The monoisotopic (exact) mass is 203 g/mol. The Morgan fingerprint density at radius 1 is 1.47 bits per heavy atom. The van der Waals surface area contributed by atoms with E-state index in [0.717, 1.165) is 11.3 Å². The van der Waals surface area contributed by atoms with Crippen LogP contribution in [0.2, 0.25) is 0 Å². The molecule has 2 N–H and O–H groups in total. The molecule has 15 heavy (non-hydrogen) atoms. The van der Waals surface area contributed by atoms with Crippen LogP contribution in [0.4, 0.5) is 0 Å². The topological polar surface area (TPSA) is 43.3 Å². The number of nitrogens with zero attached hydrogens (tertiary/aromatic N) is 2. The minimum absolute atomic E-state index is 0.350. The van der Waals surface area contributed by atoms with Gasteiger partial charge in [0.2, 0.25) is 0 Å². The average Bonchev–Trinajstić information content (AvgIpc) is 2.52. The van der Waals surface area contributed by atoms with Crippen molar-refractivity contribution in [3.8, 4) is 0 Å². The van der Waals surface area contributed by atoms with Gasteiger partial charge in [-0.2, -0.15) is 0 Å². The van der Waals surface area contributed by atoms with Crippen LogP contribution < -0.4 is 5.73 Å². The third-order valence-electron chi connectivity index (χ3n) is 2.82. The summed E-state index contributed by atoms with van der Waals surface area (Å²) in [7, 11) is 0. The first kappa shape index (κ1) is 10.2. The van der Waals surface area contributed by atoms with Gasteiger partial charge in [0.05, 0.1) is 5.69 Å². The molecule has 80 valence electrons. The highest BCUT2D eigenvalue weighted by molar-refractivity contribution is 5.46. The van der Waals surface area contributed by atoms with Crippen LogP contribution in [0.25, 0.3) is 5.65 Å². The average molecular weight is 203 g/mol. The molecule has 1 atom stereocenters. The number of rotatable bonds is 2. The molecule has 0 aliphatic rings. The number of hydrogen-bond donors (Lipinski definition) is 1. The third-order valence-corrected chi connectivity index (χ3v) is 2.82. The molecular formula is C12H17N3. The van der Waals surface area contributed by atoms with Crippen LogP contribution >= 0.6 is 0 Å². The van der Waals surface area contributed by atoms with Crippen molar-refractivity contribution in [3.05, 3.63) is 35.3 Å². The van der Waals surface area contributed by atoms with Crippen LogP contribution in [0.15, 0.2) is 18.3 Å². The Hall–Kier alpha value is -1.35. The first-order valence-electron chi connectivity index (χ1n) is 5.28. The lowest BCUT2D eigenvalue weighted by atomic mass is 10.1. The van der Waals surface area contributed by atoms with Crippen LogP contribution in [0, 0.1) is 13.8 Å². The molecule has 0 fully saturated rings. The van der Waals surface area contributed by atoms with Gasteiger partial charge in [-0.25, -0.2) is 4.98 Å². The summed E-state index contributed by atoms with van der Waals surface area (Å²) in [5.41, 5.74) is 10.3. The van der Waals surface area contributed by atoms with Crippen LogP contribution in [0.3, 0.4) is 0 Å². The lowest BCUT2D eigenvalue weighted by molar-refractivity contribution is 0.729. The molecule has 0 amide bonds. The van der Waals surface area contributed by atoms with E-state index in [0.29, 0.717) is 12.5 Å². The molecule has 0 aliphatic heterocycles. The summed E-state index contributed by atoms with van der Waals surface area (Å²) in [6.07, 6.45) is 2.08. The molecule has 0 bridgehead atoms. The number of hydrogen-bond acceptors (Lipinski definition) is 2. The molecule has 3 heteroatoms. The van der Waals surface area contributed by atoms with Crippen molar-refractivity contribution in [2.75, 3.05) is 6.54 Å². The first-order chi connectivity index (χ1) is 7.13. The minimum atomic E-state index is 0.350. The SMILES string of the molecule is Cc1ccn2c(C(C)CN)c(C)nc2c1. The Balaban J connectivity index is 2.68. The molecule has 1 unspecified atom stereocenters. The van der Waals surface area contributed by atoms with Crippen LogP contribution in [-0.4, -0.2) is 15.9 Å². The van der Waals surface area contributed by atoms with Crippen LogP contribution in [0.5, 0.6) is 0 Å². The van der Waals surface area contributed by atoms with E-state index >= 15 is 0 Å². The largest absolute Gasteiger partial charge is 0.330 e. The third kappa shape index (κ3) is 1.63. The molecule has 0 spiro atoms. The zero-order valence-corrected chi connectivity index (χ0v) is 9.49. The van der Waals surface area contributed by atoms with Gasteiger partial charge in [-0.3, -0.25) is 0 Å². The zero-order valence-electron chi connectivity index (χ0n) is 9.49. The fraction of sp³-hybridized carbons (Fsp3) is 0.417. The molecule has 2 rings (SSSR count). The van der Waals surface area contributed by atoms with Crippen molar-refractivity contribution in [2.24, 2.45) is 5.73 Å². The van der Waals surface area contributed by atoms with Crippen molar-refractivity contribution in [1.29, 1.82) is 0 Å². The number of nitrogens with two attached hydrogens (primary N) is 1. The molecule has 0 radical (unpaired) electrons. The number of aromatic nitrogens is 2. The molecule has 0 saturated carbocycles. The summed E-state index contributed by atoms with van der Waals surface area (Å²) >= 11 is 0. The normalized spacial score (nSPS) is 13.3. The van der Waals surface area contributed by atoms with Gasteiger partial charge in [-0.1, -0.05) is 6.92 Å². The standard InChI is InChI=1S/C12H17N3/c1-8-4-5-15-11(6-8)14-10(3)12(15)9(2)7-13/h4-6,9H,7,13H2,1-3H3. The highest BCUT2D eigenvalue weighted by Gasteiger charge is 2.13. The van der Waals surface area contributed by atoms with E-state index in [-0.39, 0.29) is 0 Å². The number of fused-ring (bicyclic) bond motifs is 1. The second-order valence-electron chi connectivity index (χ2n) is 4.15. The Labute approximate surface area is 89.9 Å². The predicted molar refractivity (Wildman–Crippen MR) is 62.1 cm³/mol. The van der Waals surface area contributed by atoms with E-state index in [2.05, 4.69) is 41.6 Å². The second-order valence-corrected chi connectivity index (χ2v) is 4.15. The highest BCUT2D eigenvalue weighted by atomic mass is 15.0. The Morgan fingerprint density at radius 2 is 2.20 bits per heavy atom. The highest BCUT2D eigenvalue weighted by Crippen LogP contribution is 2.20. The van der Waals surface area contributed by atoms with Gasteiger partial charge in [-0.05, 0) is 31.5 Å². The van der Waals surface area contributed by atoms with Crippen LogP contribution in [0.1, 0.15) is 29.8 Å². The van der Waals surface area contributed by atoms with Gasteiger partial charge in [-0.15, -0.1) is 0 Å². The fourth-order valence-corrected chi connectivity index (χ4v) is 1.99. The lowest BCUT2D eigenvalue weighted by Gasteiger charge is -2.09. The second kappa shape index (κ2) is 3.66. The van der Waals surface area contributed by atoms with Gasteiger partial charge in [0.25, 0.3) is 0 Å². The summed E-state index contributed by atoms with van der Waals surface area (Å²) in [6, 6.07) is 4.20. The summed E-state index contributed by atoms with van der Waals surface area (Å²) in [6.45, 7) is 6.92. The lowest BCUT2D eigenvalue weighted by Crippen LogP contribution is -2.12. The van der Waals surface area contributed by atoms with Gasteiger partial charge >= 0.3 is 0 Å². The van der Waals surface area contributed by atoms with E-state index in [1.807, 2.05) is 6.92 Å². The van der Waals surface area contributed by atoms with Crippen molar-refractivity contribution in [3.63, 3.8) is 0 Å². The molecule has 3 nitrogen and oxygen atoms in total. The molecule has 0 aliphatic carbocycles. The van der Waals surface area contributed by atoms with Crippen molar-refractivity contribution < 1.29 is 0 Å². The van der Waals surface area contributed by atoms with Gasteiger partial charge in [0.15, 0.2) is 0 Å². The van der Waals surface area contributed by atoms with Gasteiger partial charge in [0, 0.05) is 24.4 Å². The van der Waals surface area contributed by atoms with E-state index in [1.165, 1.54) is 11.3 Å². The van der Waals surface area contributed by atoms with Crippen molar-refractivity contribution in [2.45, 2.75) is 26.7 Å². The molecule has 0 aromatic carbocycles.